The lowest BCUT2D eigenvalue weighted by atomic mass is 10.2. The van der Waals surface area contributed by atoms with Gasteiger partial charge in [-0.3, -0.25) is 0 Å². The summed E-state index contributed by atoms with van der Waals surface area (Å²) in [6, 6.07) is 7.69. The van der Waals surface area contributed by atoms with Crippen molar-refractivity contribution in [3.63, 3.8) is 0 Å². The highest BCUT2D eigenvalue weighted by atomic mass is 35.5. The van der Waals surface area contributed by atoms with Gasteiger partial charge in [-0.15, -0.1) is 11.8 Å². The molecule has 0 spiro atoms. The first-order chi connectivity index (χ1) is 9.04. The van der Waals surface area contributed by atoms with E-state index in [4.69, 9.17) is 17.3 Å². The molecule has 1 aromatic heterocycles. The number of hydrogen-bond donors (Lipinski definition) is 1. The summed E-state index contributed by atoms with van der Waals surface area (Å²) in [7, 11) is 0. The molecule has 0 bridgehead atoms. The fourth-order valence-corrected chi connectivity index (χ4v) is 2.55. The van der Waals surface area contributed by atoms with E-state index in [-0.39, 0.29) is 11.9 Å². The van der Waals surface area contributed by atoms with Crippen LogP contribution in [0.15, 0.2) is 29.2 Å². The van der Waals surface area contributed by atoms with Crippen LogP contribution in [-0.4, -0.2) is 15.0 Å². The van der Waals surface area contributed by atoms with E-state index in [1.54, 1.807) is 11.8 Å². The number of hydrogen-bond acceptors (Lipinski definition) is 5. The third-order valence-corrected chi connectivity index (χ3v) is 3.62. The number of aromatic nitrogens is 3. The van der Waals surface area contributed by atoms with Gasteiger partial charge in [0.2, 0.25) is 5.95 Å². The SMILES string of the molecule is CC(C)c1nc(N)nc(CSc2cccc(Cl)c2)n1. The summed E-state index contributed by atoms with van der Waals surface area (Å²) >= 11 is 7.57. The maximum absolute atomic E-state index is 5.94. The number of benzene rings is 1. The molecule has 2 N–H and O–H groups in total. The first kappa shape index (κ1) is 14.1. The molecule has 19 heavy (non-hydrogen) atoms. The second kappa shape index (κ2) is 6.21. The molecule has 0 saturated carbocycles. The summed E-state index contributed by atoms with van der Waals surface area (Å²) in [6.45, 7) is 4.06. The van der Waals surface area contributed by atoms with Crippen molar-refractivity contribution < 1.29 is 0 Å². The molecule has 4 nitrogen and oxygen atoms in total. The zero-order valence-corrected chi connectivity index (χ0v) is 12.4. The molecule has 2 aromatic rings. The van der Waals surface area contributed by atoms with Crippen LogP contribution in [0, 0.1) is 0 Å². The van der Waals surface area contributed by atoms with Gasteiger partial charge in [-0.25, -0.2) is 4.98 Å². The van der Waals surface area contributed by atoms with Crippen molar-refractivity contribution in [3.8, 4) is 0 Å². The number of nitrogens with zero attached hydrogens (tertiary/aromatic N) is 3. The van der Waals surface area contributed by atoms with E-state index in [9.17, 15) is 0 Å². The van der Waals surface area contributed by atoms with Crippen LogP contribution < -0.4 is 5.73 Å². The van der Waals surface area contributed by atoms with Crippen LogP contribution in [0.4, 0.5) is 5.95 Å². The van der Waals surface area contributed by atoms with Gasteiger partial charge in [0.05, 0.1) is 5.75 Å². The standard InChI is InChI=1S/C13H15ClN4S/c1-8(2)12-16-11(17-13(15)18-12)7-19-10-5-3-4-9(14)6-10/h3-6,8H,7H2,1-2H3,(H2,15,16,17,18). The number of nitrogen functional groups attached to an aromatic ring is 1. The number of thioether (sulfide) groups is 1. The van der Waals surface area contributed by atoms with E-state index >= 15 is 0 Å². The lowest BCUT2D eigenvalue weighted by Gasteiger charge is -2.07. The van der Waals surface area contributed by atoms with Gasteiger partial charge in [-0.1, -0.05) is 31.5 Å². The Hall–Kier alpha value is -1.33. The Labute approximate surface area is 121 Å². The Kier molecular flexibility index (Phi) is 4.61. The second-order valence-electron chi connectivity index (χ2n) is 4.37. The fourth-order valence-electron chi connectivity index (χ4n) is 1.48. The lowest BCUT2D eigenvalue weighted by Crippen LogP contribution is -2.07. The minimum Gasteiger partial charge on any atom is -0.368 e. The maximum Gasteiger partial charge on any atom is 0.223 e. The third kappa shape index (κ3) is 4.08. The average Bonchev–Trinajstić information content (AvgIpc) is 2.36. The smallest absolute Gasteiger partial charge is 0.223 e. The number of halogens is 1. The Morgan fingerprint density at radius 3 is 2.74 bits per heavy atom. The van der Waals surface area contributed by atoms with Gasteiger partial charge >= 0.3 is 0 Å². The predicted octanol–water partition coefficient (Wildman–Crippen LogP) is 3.52. The van der Waals surface area contributed by atoms with Crippen molar-refractivity contribution >= 4 is 29.3 Å². The maximum atomic E-state index is 5.94. The largest absolute Gasteiger partial charge is 0.368 e. The van der Waals surface area contributed by atoms with Crippen molar-refractivity contribution in [1.29, 1.82) is 0 Å². The van der Waals surface area contributed by atoms with Gasteiger partial charge < -0.3 is 5.73 Å². The zero-order chi connectivity index (χ0) is 13.8. The molecule has 1 aromatic carbocycles. The summed E-state index contributed by atoms with van der Waals surface area (Å²) in [5, 5.41) is 0.725. The summed E-state index contributed by atoms with van der Waals surface area (Å²) in [5.74, 6) is 2.59. The quantitative estimate of drug-likeness (QED) is 0.874. The molecule has 0 radical (unpaired) electrons. The molecule has 0 amide bonds. The van der Waals surface area contributed by atoms with Gasteiger partial charge in [-0.05, 0) is 18.2 Å². The zero-order valence-electron chi connectivity index (χ0n) is 10.8. The van der Waals surface area contributed by atoms with E-state index < -0.39 is 0 Å². The molecule has 0 unspecified atom stereocenters. The minimum atomic E-state index is 0.236. The van der Waals surface area contributed by atoms with Crippen molar-refractivity contribution in [2.45, 2.75) is 30.4 Å². The van der Waals surface area contributed by atoms with Gasteiger partial charge in [0.1, 0.15) is 11.6 Å². The third-order valence-electron chi connectivity index (χ3n) is 2.40. The summed E-state index contributed by atoms with van der Waals surface area (Å²) < 4.78 is 0. The Balaban J connectivity index is 2.11. The van der Waals surface area contributed by atoms with Gasteiger partial charge in [0.25, 0.3) is 0 Å². The van der Waals surface area contributed by atoms with Gasteiger partial charge in [0.15, 0.2) is 0 Å². The van der Waals surface area contributed by atoms with E-state index in [1.807, 2.05) is 38.1 Å². The number of rotatable bonds is 4. The summed E-state index contributed by atoms with van der Waals surface area (Å²) in [5.41, 5.74) is 5.70. The fraction of sp³-hybridized carbons (Fsp3) is 0.308. The van der Waals surface area contributed by atoms with Crippen LogP contribution in [0.3, 0.4) is 0 Å². The first-order valence-electron chi connectivity index (χ1n) is 5.93. The van der Waals surface area contributed by atoms with Crippen LogP contribution in [0.5, 0.6) is 0 Å². The molecule has 1 heterocycles. The topological polar surface area (TPSA) is 64.7 Å². The first-order valence-corrected chi connectivity index (χ1v) is 7.29. The van der Waals surface area contributed by atoms with Crippen LogP contribution in [0.25, 0.3) is 0 Å². The average molecular weight is 295 g/mol. The van der Waals surface area contributed by atoms with Crippen molar-refractivity contribution in [2.75, 3.05) is 5.73 Å². The molecule has 0 saturated heterocycles. The molecule has 100 valence electrons. The van der Waals surface area contributed by atoms with Crippen molar-refractivity contribution in [1.82, 2.24) is 15.0 Å². The molecule has 0 aliphatic carbocycles. The molecule has 0 aliphatic rings. The van der Waals surface area contributed by atoms with Crippen molar-refractivity contribution in [2.24, 2.45) is 0 Å². The monoisotopic (exact) mass is 294 g/mol. The summed E-state index contributed by atoms with van der Waals surface area (Å²) in [4.78, 5) is 13.8. The van der Waals surface area contributed by atoms with Gasteiger partial charge in [-0.2, -0.15) is 9.97 Å². The lowest BCUT2D eigenvalue weighted by molar-refractivity contribution is 0.749. The highest BCUT2D eigenvalue weighted by Gasteiger charge is 2.08. The molecule has 6 heteroatoms. The van der Waals surface area contributed by atoms with Gasteiger partial charge in [0, 0.05) is 15.8 Å². The highest BCUT2D eigenvalue weighted by Crippen LogP contribution is 2.24. The molecular formula is C13H15ClN4S. The minimum absolute atomic E-state index is 0.236. The van der Waals surface area contributed by atoms with E-state index in [0.717, 1.165) is 15.7 Å². The number of anilines is 1. The number of nitrogens with two attached hydrogens (primary N) is 1. The van der Waals surface area contributed by atoms with Crippen LogP contribution in [0.2, 0.25) is 5.02 Å². The highest BCUT2D eigenvalue weighted by molar-refractivity contribution is 7.98. The van der Waals surface area contributed by atoms with E-state index in [1.165, 1.54) is 0 Å². The van der Waals surface area contributed by atoms with Crippen LogP contribution in [-0.2, 0) is 5.75 Å². The summed E-state index contributed by atoms with van der Waals surface area (Å²) in [6.07, 6.45) is 0. The second-order valence-corrected chi connectivity index (χ2v) is 5.85. The molecule has 0 atom stereocenters. The Bertz CT molecular complexity index is 574. The predicted molar refractivity (Wildman–Crippen MR) is 79.3 cm³/mol. The molecule has 0 fully saturated rings. The van der Waals surface area contributed by atoms with E-state index in [2.05, 4.69) is 15.0 Å². The van der Waals surface area contributed by atoms with E-state index in [0.29, 0.717) is 11.6 Å². The van der Waals surface area contributed by atoms with Crippen LogP contribution in [0.1, 0.15) is 31.4 Å². The molecular weight excluding hydrogens is 280 g/mol. The molecule has 2 rings (SSSR count). The Morgan fingerprint density at radius 1 is 1.26 bits per heavy atom. The van der Waals surface area contributed by atoms with Crippen molar-refractivity contribution in [3.05, 3.63) is 40.9 Å². The normalized spacial score (nSPS) is 10.9. The Morgan fingerprint density at radius 2 is 2.05 bits per heavy atom. The molecule has 0 aliphatic heterocycles. The van der Waals surface area contributed by atoms with Crippen LogP contribution >= 0.6 is 23.4 Å².